The van der Waals surface area contributed by atoms with Crippen LogP contribution in [0.15, 0.2) is 59.8 Å². The number of thioether (sulfide) groups is 1. The Labute approximate surface area is 154 Å². The summed E-state index contributed by atoms with van der Waals surface area (Å²) in [7, 11) is 0. The predicted molar refractivity (Wildman–Crippen MR) is 101 cm³/mol. The number of nitrogens with zero attached hydrogens (tertiary/aromatic N) is 2. The van der Waals surface area contributed by atoms with Crippen LogP contribution in [0.25, 0.3) is 0 Å². The first-order valence-corrected chi connectivity index (χ1v) is 8.87. The van der Waals surface area contributed by atoms with Gasteiger partial charge in [0.15, 0.2) is 0 Å². The number of carbonyl (C=O) groups excluding carboxylic acids is 2. The maximum Gasteiger partial charge on any atom is 0.257 e. The molecule has 2 aromatic carbocycles. The Balaban J connectivity index is 1.64. The highest BCUT2D eigenvalue weighted by Gasteiger charge is 2.14. The second kappa shape index (κ2) is 8.30. The first-order chi connectivity index (χ1) is 12.6. The molecule has 0 saturated heterocycles. The molecular weight excluding hydrogens is 350 g/mol. The third kappa shape index (κ3) is 4.70. The molecule has 0 saturated carbocycles. The van der Waals surface area contributed by atoms with Crippen LogP contribution < -0.4 is 10.6 Å². The quantitative estimate of drug-likeness (QED) is 0.581. The summed E-state index contributed by atoms with van der Waals surface area (Å²) in [5.41, 5.74) is 1.54. The van der Waals surface area contributed by atoms with Gasteiger partial charge in [-0.1, -0.05) is 42.1 Å². The number of hydrogen-bond acceptors (Lipinski definition) is 5. The van der Waals surface area contributed by atoms with E-state index in [2.05, 4.69) is 25.8 Å². The smallest absolute Gasteiger partial charge is 0.257 e. The molecule has 3 aromatic rings. The molecule has 0 unspecified atom stereocenters. The molecule has 0 spiro atoms. The van der Waals surface area contributed by atoms with Crippen molar-refractivity contribution in [1.82, 2.24) is 15.2 Å². The lowest BCUT2D eigenvalue weighted by Crippen LogP contribution is -2.19. The van der Waals surface area contributed by atoms with Crippen LogP contribution in [0.3, 0.4) is 0 Å². The Hall–Kier alpha value is -3.13. The third-order valence-corrected chi connectivity index (χ3v) is 4.23. The van der Waals surface area contributed by atoms with E-state index in [1.807, 2.05) is 18.2 Å². The maximum absolute atomic E-state index is 12.5. The molecule has 7 nitrogen and oxygen atoms in total. The molecule has 26 heavy (non-hydrogen) atoms. The van der Waals surface area contributed by atoms with E-state index in [0.717, 1.165) is 0 Å². The molecule has 132 valence electrons. The number of hydrogen-bond donors (Lipinski definition) is 3. The highest BCUT2D eigenvalue weighted by Crippen LogP contribution is 2.19. The molecule has 0 fully saturated rings. The van der Waals surface area contributed by atoms with E-state index in [1.165, 1.54) is 11.8 Å². The van der Waals surface area contributed by atoms with Gasteiger partial charge in [0.05, 0.1) is 17.0 Å². The van der Waals surface area contributed by atoms with Gasteiger partial charge in [-0.15, -0.1) is 5.10 Å². The molecule has 1 heterocycles. The Morgan fingerprint density at radius 2 is 1.77 bits per heavy atom. The minimum Gasteiger partial charge on any atom is -0.325 e. The van der Waals surface area contributed by atoms with E-state index in [9.17, 15) is 9.59 Å². The van der Waals surface area contributed by atoms with Gasteiger partial charge in [-0.05, 0) is 31.2 Å². The number of benzene rings is 2. The molecule has 3 N–H and O–H groups in total. The van der Waals surface area contributed by atoms with Crippen LogP contribution in [0.4, 0.5) is 11.4 Å². The fourth-order valence-corrected chi connectivity index (χ4v) is 2.86. The minimum atomic E-state index is -0.288. The third-order valence-electron chi connectivity index (χ3n) is 3.39. The molecule has 0 aliphatic heterocycles. The Morgan fingerprint density at radius 3 is 2.50 bits per heavy atom. The van der Waals surface area contributed by atoms with Crippen molar-refractivity contribution in [2.24, 2.45) is 0 Å². The van der Waals surface area contributed by atoms with E-state index in [-0.39, 0.29) is 17.6 Å². The molecule has 0 aliphatic rings. The van der Waals surface area contributed by atoms with Gasteiger partial charge >= 0.3 is 0 Å². The van der Waals surface area contributed by atoms with E-state index in [0.29, 0.717) is 27.9 Å². The Morgan fingerprint density at radius 1 is 1.04 bits per heavy atom. The lowest BCUT2D eigenvalue weighted by molar-refractivity contribution is -0.113. The minimum absolute atomic E-state index is 0.145. The summed E-state index contributed by atoms with van der Waals surface area (Å²) in [6.07, 6.45) is 0. The fraction of sp³-hybridized carbons (Fsp3) is 0.111. The standard InChI is InChI=1S/C18H17N5O2S/c1-12-19-18(23-22-12)26-11-16(24)21-15-10-6-5-9-14(15)17(25)20-13-7-3-2-4-8-13/h2-10H,11H2,1H3,(H,20,25)(H,21,24)(H,19,22,23). The average Bonchev–Trinajstić information content (AvgIpc) is 3.06. The lowest BCUT2D eigenvalue weighted by atomic mass is 10.1. The zero-order chi connectivity index (χ0) is 18.4. The SMILES string of the molecule is Cc1nc(SCC(=O)Nc2ccccc2C(=O)Nc2ccccc2)n[nH]1. The summed E-state index contributed by atoms with van der Waals surface area (Å²) < 4.78 is 0. The van der Waals surface area contributed by atoms with Crippen molar-refractivity contribution >= 4 is 35.0 Å². The van der Waals surface area contributed by atoms with Crippen LogP contribution in [0.1, 0.15) is 16.2 Å². The number of aromatic amines is 1. The van der Waals surface area contributed by atoms with Crippen LogP contribution in [-0.4, -0.2) is 32.7 Å². The van der Waals surface area contributed by atoms with Crippen LogP contribution in [0.5, 0.6) is 0 Å². The zero-order valence-electron chi connectivity index (χ0n) is 14.0. The number of amides is 2. The van der Waals surface area contributed by atoms with Crippen molar-refractivity contribution in [1.29, 1.82) is 0 Å². The summed E-state index contributed by atoms with van der Waals surface area (Å²) in [5.74, 6) is 0.309. The maximum atomic E-state index is 12.5. The number of aryl methyl sites for hydroxylation is 1. The van der Waals surface area contributed by atoms with E-state index >= 15 is 0 Å². The molecule has 0 radical (unpaired) electrons. The van der Waals surface area contributed by atoms with E-state index < -0.39 is 0 Å². The van der Waals surface area contributed by atoms with Gasteiger partial charge in [0.25, 0.3) is 5.91 Å². The molecular formula is C18H17N5O2S. The van der Waals surface area contributed by atoms with Crippen LogP contribution in [0.2, 0.25) is 0 Å². The number of aromatic nitrogens is 3. The summed E-state index contributed by atoms with van der Waals surface area (Å²) >= 11 is 1.22. The summed E-state index contributed by atoms with van der Waals surface area (Å²) in [6, 6.07) is 16.0. The topological polar surface area (TPSA) is 99.8 Å². The molecule has 0 atom stereocenters. The van der Waals surface area contributed by atoms with Gasteiger partial charge in [0.2, 0.25) is 11.1 Å². The van der Waals surface area contributed by atoms with Crippen molar-refractivity contribution in [3.05, 3.63) is 66.0 Å². The summed E-state index contributed by atoms with van der Waals surface area (Å²) in [5, 5.41) is 12.8. The Kier molecular flexibility index (Phi) is 5.65. The van der Waals surface area contributed by atoms with Crippen molar-refractivity contribution in [2.75, 3.05) is 16.4 Å². The molecule has 3 rings (SSSR count). The monoisotopic (exact) mass is 367 g/mol. The van der Waals surface area contributed by atoms with E-state index in [4.69, 9.17) is 0 Å². The van der Waals surface area contributed by atoms with Crippen LogP contribution in [0, 0.1) is 6.92 Å². The first-order valence-electron chi connectivity index (χ1n) is 7.89. The van der Waals surface area contributed by atoms with Crippen LogP contribution in [-0.2, 0) is 4.79 Å². The number of para-hydroxylation sites is 2. The highest BCUT2D eigenvalue weighted by atomic mass is 32.2. The molecule has 0 aliphatic carbocycles. The number of anilines is 2. The number of H-pyrrole nitrogens is 1. The van der Waals surface area contributed by atoms with Gasteiger partial charge in [-0.25, -0.2) is 4.98 Å². The number of rotatable bonds is 6. The van der Waals surface area contributed by atoms with Crippen LogP contribution >= 0.6 is 11.8 Å². The fourth-order valence-electron chi connectivity index (χ4n) is 2.21. The highest BCUT2D eigenvalue weighted by molar-refractivity contribution is 7.99. The van der Waals surface area contributed by atoms with Gasteiger partial charge in [0.1, 0.15) is 5.82 Å². The molecule has 2 amide bonds. The number of carbonyl (C=O) groups is 2. The van der Waals surface area contributed by atoms with Gasteiger partial charge < -0.3 is 10.6 Å². The summed E-state index contributed by atoms with van der Waals surface area (Å²) in [4.78, 5) is 28.8. The normalized spacial score (nSPS) is 10.3. The summed E-state index contributed by atoms with van der Waals surface area (Å²) in [6.45, 7) is 1.79. The van der Waals surface area contributed by atoms with Gasteiger partial charge in [0, 0.05) is 5.69 Å². The van der Waals surface area contributed by atoms with Gasteiger partial charge in [-0.2, -0.15) is 0 Å². The second-order valence-corrected chi connectivity index (χ2v) is 6.35. The lowest BCUT2D eigenvalue weighted by Gasteiger charge is -2.11. The van der Waals surface area contributed by atoms with Crippen molar-refractivity contribution in [2.45, 2.75) is 12.1 Å². The second-order valence-electron chi connectivity index (χ2n) is 5.41. The molecule has 1 aromatic heterocycles. The average molecular weight is 367 g/mol. The molecule has 0 bridgehead atoms. The first kappa shape index (κ1) is 17.7. The van der Waals surface area contributed by atoms with Crippen molar-refractivity contribution in [3.63, 3.8) is 0 Å². The predicted octanol–water partition coefficient (Wildman–Crippen LogP) is 3.10. The van der Waals surface area contributed by atoms with Crippen molar-refractivity contribution < 1.29 is 9.59 Å². The zero-order valence-corrected chi connectivity index (χ0v) is 14.8. The molecule has 8 heteroatoms. The van der Waals surface area contributed by atoms with Crippen molar-refractivity contribution in [3.8, 4) is 0 Å². The van der Waals surface area contributed by atoms with Gasteiger partial charge in [-0.3, -0.25) is 14.7 Å². The largest absolute Gasteiger partial charge is 0.325 e. The Bertz CT molecular complexity index is 911. The number of nitrogens with one attached hydrogen (secondary N) is 3. The van der Waals surface area contributed by atoms with E-state index in [1.54, 1.807) is 43.3 Å².